The Bertz CT molecular complexity index is 864. The SMILES string of the molecule is COc1cccc([C@@H]2O[C@@]3(C)OC(=N)[C@@](C#N)([C@H]3C)C2(C#N)C#N)c1. The third kappa shape index (κ3) is 1.78. The van der Waals surface area contributed by atoms with Crippen LogP contribution in [0, 0.1) is 56.2 Å². The highest BCUT2D eigenvalue weighted by atomic mass is 16.7. The van der Waals surface area contributed by atoms with Crippen molar-refractivity contribution in [3.8, 4) is 24.0 Å². The maximum Gasteiger partial charge on any atom is 0.214 e. The second-order valence-corrected chi connectivity index (χ2v) is 6.39. The third-order valence-corrected chi connectivity index (χ3v) is 5.39. The summed E-state index contributed by atoms with van der Waals surface area (Å²) >= 11 is 0. The molecule has 1 N–H and O–H groups in total. The fourth-order valence-electron chi connectivity index (χ4n) is 3.81. The average molecular weight is 336 g/mol. The zero-order chi connectivity index (χ0) is 18.5. The summed E-state index contributed by atoms with van der Waals surface area (Å²) in [6.07, 6.45) is -1.07. The van der Waals surface area contributed by atoms with Gasteiger partial charge in [0.2, 0.25) is 17.1 Å². The minimum Gasteiger partial charge on any atom is -0.497 e. The first kappa shape index (κ1) is 16.8. The van der Waals surface area contributed by atoms with Crippen LogP contribution >= 0.6 is 0 Å². The average Bonchev–Trinajstić information content (AvgIpc) is 2.77. The van der Waals surface area contributed by atoms with Crippen molar-refractivity contribution in [2.24, 2.45) is 16.7 Å². The second-order valence-electron chi connectivity index (χ2n) is 6.39. The van der Waals surface area contributed by atoms with Crippen molar-refractivity contribution < 1.29 is 14.2 Å². The second kappa shape index (κ2) is 5.21. The molecule has 1 aromatic rings. The summed E-state index contributed by atoms with van der Waals surface area (Å²) in [4.78, 5) is 0. The monoisotopic (exact) mass is 336 g/mol. The van der Waals surface area contributed by atoms with Crippen LogP contribution in [0.5, 0.6) is 5.75 Å². The van der Waals surface area contributed by atoms with Crippen molar-refractivity contribution in [1.82, 2.24) is 0 Å². The normalized spacial score (nSPS) is 35.0. The van der Waals surface area contributed by atoms with E-state index in [1.165, 1.54) is 7.11 Å². The Morgan fingerprint density at radius 3 is 2.44 bits per heavy atom. The van der Waals surface area contributed by atoms with Gasteiger partial charge in [0.1, 0.15) is 11.9 Å². The van der Waals surface area contributed by atoms with Crippen LogP contribution in [0.15, 0.2) is 24.3 Å². The van der Waals surface area contributed by atoms with Crippen molar-refractivity contribution in [2.45, 2.75) is 25.7 Å². The molecule has 0 spiro atoms. The van der Waals surface area contributed by atoms with E-state index in [1.54, 1.807) is 38.1 Å². The van der Waals surface area contributed by atoms with Crippen molar-refractivity contribution in [3.63, 3.8) is 0 Å². The van der Waals surface area contributed by atoms with Gasteiger partial charge in [-0.2, -0.15) is 15.8 Å². The van der Waals surface area contributed by atoms with Crippen LogP contribution in [-0.4, -0.2) is 18.8 Å². The molecule has 2 saturated heterocycles. The summed E-state index contributed by atoms with van der Waals surface area (Å²) in [5, 5.41) is 38.1. The number of nitrogens with one attached hydrogen (secondary N) is 1. The molecule has 25 heavy (non-hydrogen) atoms. The molecule has 0 unspecified atom stereocenters. The molecule has 1 aromatic carbocycles. The minimum atomic E-state index is -1.93. The number of hydrogen-bond acceptors (Lipinski definition) is 7. The molecule has 3 rings (SSSR count). The zero-order valence-electron chi connectivity index (χ0n) is 14.0. The van der Waals surface area contributed by atoms with Gasteiger partial charge in [-0.05, 0) is 17.7 Å². The number of nitriles is 3. The molecular weight excluding hydrogens is 320 g/mol. The molecule has 2 bridgehead atoms. The van der Waals surface area contributed by atoms with Crippen LogP contribution in [-0.2, 0) is 9.47 Å². The Kier molecular flexibility index (Phi) is 3.49. The lowest BCUT2D eigenvalue weighted by Crippen LogP contribution is -2.57. The van der Waals surface area contributed by atoms with E-state index < -0.39 is 34.5 Å². The first-order valence-corrected chi connectivity index (χ1v) is 7.68. The van der Waals surface area contributed by atoms with Gasteiger partial charge in [-0.1, -0.05) is 19.1 Å². The third-order valence-electron chi connectivity index (χ3n) is 5.39. The van der Waals surface area contributed by atoms with Crippen LogP contribution < -0.4 is 4.74 Å². The molecule has 0 amide bonds. The topological polar surface area (TPSA) is 123 Å². The Labute approximate surface area is 145 Å². The van der Waals surface area contributed by atoms with Crippen molar-refractivity contribution in [2.75, 3.05) is 7.11 Å². The first-order chi connectivity index (χ1) is 11.8. The molecule has 126 valence electrons. The maximum atomic E-state index is 9.95. The molecular formula is C18H16N4O3. The van der Waals surface area contributed by atoms with E-state index in [2.05, 4.69) is 0 Å². The van der Waals surface area contributed by atoms with Crippen LogP contribution in [0.25, 0.3) is 0 Å². The Balaban J connectivity index is 2.31. The Morgan fingerprint density at radius 2 is 1.88 bits per heavy atom. The lowest BCUT2D eigenvalue weighted by Gasteiger charge is -2.47. The molecule has 2 aliphatic rings. The fraction of sp³-hybridized carbons (Fsp3) is 0.444. The molecule has 4 atom stereocenters. The van der Waals surface area contributed by atoms with E-state index in [0.717, 1.165) is 0 Å². The van der Waals surface area contributed by atoms with E-state index in [0.29, 0.717) is 11.3 Å². The number of hydrogen-bond donors (Lipinski definition) is 1. The van der Waals surface area contributed by atoms with E-state index >= 15 is 0 Å². The summed E-state index contributed by atoms with van der Waals surface area (Å²) in [5.74, 6) is -1.82. The van der Waals surface area contributed by atoms with Crippen LogP contribution in [0.3, 0.4) is 0 Å². The van der Waals surface area contributed by atoms with Gasteiger partial charge in [0.15, 0.2) is 5.41 Å². The van der Waals surface area contributed by atoms with Crippen molar-refractivity contribution in [3.05, 3.63) is 29.8 Å². The van der Waals surface area contributed by atoms with Gasteiger partial charge in [0.05, 0.1) is 31.2 Å². The molecule has 2 heterocycles. The van der Waals surface area contributed by atoms with Crippen molar-refractivity contribution >= 4 is 5.90 Å². The summed E-state index contributed by atoms with van der Waals surface area (Å²) in [6.45, 7) is 3.28. The number of fused-ring (bicyclic) bond motifs is 2. The number of methoxy groups -OCH3 is 1. The zero-order valence-corrected chi connectivity index (χ0v) is 14.0. The van der Waals surface area contributed by atoms with E-state index in [9.17, 15) is 15.8 Å². The highest BCUT2D eigenvalue weighted by Gasteiger charge is 2.78. The highest BCUT2D eigenvalue weighted by molar-refractivity contribution is 5.89. The maximum absolute atomic E-state index is 9.95. The molecule has 0 saturated carbocycles. The predicted molar refractivity (Wildman–Crippen MR) is 84.9 cm³/mol. The summed E-state index contributed by atoms with van der Waals surface area (Å²) in [6, 6.07) is 12.8. The molecule has 0 radical (unpaired) electrons. The van der Waals surface area contributed by atoms with E-state index in [-0.39, 0.29) is 0 Å². The fourth-order valence-corrected chi connectivity index (χ4v) is 3.81. The standard InChI is InChI=1S/C18H16N4O3/c1-11-16(2)24-14(12-5-4-6-13(7-12)23-3)17(8-19,9-20)18(11,10-21)15(22)25-16/h4-7,11,14,22H,1-3H3/t11-,14-,16-,18+/m0/s1. The lowest BCUT2D eigenvalue weighted by atomic mass is 9.54. The molecule has 7 heteroatoms. The molecule has 0 aromatic heterocycles. The summed E-state index contributed by atoms with van der Waals surface area (Å²) in [7, 11) is 1.51. The first-order valence-electron chi connectivity index (χ1n) is 7.68. The van der Waals surface area contributed by atoms with Gasteiger partial charge in [-0.3, -0.25) is 5.41 Å². The smallest absolute Gasteiger partial charge is 0.214 e. The molecule has 2 fully saturated rings. The van der Waals surface area contributed by atoms with Gasteiger partial charge in [0, 0.05) is 6.92 Å². The molecule has 0 aliphatic carbocycles. The van der Waals surface area contributed by atoms with Crippen LogP contribution in [0.2, 0.25) is 0 Å². The van der Waals surface area contributed by atoms with E-state index in [4.69, 9.17) is 19.6 Å². The van der Waals surface area contributed by atoms with Crippen LogP contribution in [0.1, 0.15) is 25.5 Å². The van der Waals surface area contributed by atoms with Gasteiger partial charge < -0.3 is 14.2 Å². The van der Waals surface area contributed by atoms with Gasteiger partial charge in [-0.15, -0.1) is 0 Å². The van der Waals surface area contributed by atoms with Gasteiger partial charge in [-0.25, -0.2) is 0 Å². The number of nitrogens with zero attached hydrogens (tertiary/aromatic N) is 3. The quantitative estimate of drug-likeness (QED) is 0.885. The van der Waals surface area contributed by atoms with E-state index in [1.807, 2.05) is 18.2 Å². The lowest BCUT2D eigenvalue weighted by molar-refractivity contribution is -0.268. The number of ether oxygens (including phenoxy) is 3. The number of rotatable bonds is 2. The molecule has 7 nitrogen and oxygen atoms in total. The van der Waals surface area contributed by atoms with Crippen molar-refractivity contribution in [1.29, 1.82) is 21.2 Å². The van der Waals surface area contributed by atoms with Gasteiger partial charge in [0.25, 0.3) is 0 Å². The van der Waals surface area contributed by atoms with Gasteiger partial charge >= 0.3 is 0 Å². The molecule has 2 aliphatic heterocycles. The minimum absolute atomic E-state index is 0.404. The highest BCUT2D eigenvalue weighted by Crippen LogP contribution is 2.66. The summed E-state index contributed by atoms with van der Waals surface area (Å²) < 4.78 is 16.8. The Morgan fingerprint density at radius 1 is 1.20 bits per heavy atom. The number of benzene rings is 1. The summed E-state index contributed by atoms with van der Waals surface area (Å²) in [5.41, 5.74) is -3.14. The Hall–Kier alpha value is -3.08. The largest absolute Gasteiger partial charge is 0.497 e. The van der Waals surface area contributed by atoms with Crippen LogP contribution in [0.4, 0.5) is 0 Å². The predicted octanol–water partition coefficient (Wildman–Crippen LogP) is 2.67.